The molecule has 154 valence electrons. The van der Waals surface area contributed by atoms with Gasteiger partial charge in [0.1, 0.15) is 11.4 Å². The van der Waals surface area contributed by atoms with E-state index in [1.54, 1.807) is 18.5 Å². The van der Waals surface area contributed by atoms with E-state index in [1.165, 1.54) is 25.7 Å². The summed E-state index contributed by atoms with van der Waals surface area (Å²) in [5.74, 6) is 1.59. The highest BCUT2D eigenvalue weighted by atomic mass is 16.6. The summed E-state index contributed by atoms with van der Waals surface area (Å²) >= 11 is 0. The zero-order valence-electron chi connectivity index (χ0n) is 17.1. The van der Waals surface area contributed by atoms with E-state index in [4.69, 9.17) is 0 Å². The molecule has 0 bridgehead atoms. The minimum Gasteiger partial charge on any atom is -0.338 e. The lowest BCUT2D eigenvalue weighted by atomic mass is 9.75. The molecule has 1 saturated heterocycles. The van der Waals surface area contributed by atoms with Crippen LogP contribution < -0.4 is 0 Å². The van der Waals surface area contributed by atoms with Gasteiger partial charge in [-0.05, 0) is 56.2 Å². The third kappa shape index (κ3) is 3.91. The topological polar surface area (TPSA) is 81.3 Å². The smallest absolute Gasteiger partial charge is 0.312 e. The number of aryl methyl sites for hydroxylation is 1. The number of rotatable bonds is 4. The summed E-state index contributed by atoms with van der Waals surface area (Å²) in [6.45, 7) is 5.56. The Bertz CT molecular complexity index is 919. The molecule has 1 aliphatic carbocycles. The quantitative estimate of drug-likeness (QED) is 0.575. The minimum atomic E-state index is -0.384. The number of aromatic nitrogens is 2. The maximum absolute atomic E-state index is 13.0. The van der Waals surface area contributed by atoms with Crippen molar-refractivity contribution in [2.75, 3.05) is 13.1 Å². The molecule has 1 amide bonds. The van der Waals surface area contributed by atoms with Crippen molar-refractivity contribution in [1.82, 2.24) is 14.7 Å². The number of nitro groups is 1. The normalized spacial score (nSPS) is 21.7. The van der Waals surface area contributed by atoms with Gasteiger partial charge >= 0.3 is 5.69 Å². The Hall–Kier alpha value is -2.70. The number of likely N-dealkylation sites (tertiary alicyclic amines) is 1. The number of hydrogen-bond donors (Lipinski definition) is 0. The summed E-state index contributed by atoms with van der Waals surface area (Å²) in [6.07, 6.45) is 6.34. The number of fused-ring (bicyclic) bond motifs is 1. The predicted molar refractivity (Wildman–Crippen MR) is 110 cm³/mol. The maximum atomic E-state index is 13.0. The van der Waals surface area contributed by atoms with Gasteiger partial charge in [-0.3, -0.25) is 19.6 Å². The highest BCUT2D eigenvalue weighted by Gasteiger charge is 2.33. The molecule has 4 rings (SSSR count). The summed E-state index contributed by atoms with van der Waals surface area (Å²) < 4.78 is 1.65. The van der Waals surface area contributed by atoms with Gasteiger partial charge in [0.25, 0.3) is 5.91 Å². The molecule has 1 aromatic carbocycles. The molecular weight excluding hydrogens is 368 g/mol. The van der Waals surface area contributed by atoms with Crippen LogP contribution in [0, 0.1) is 35.8 Å². The SMILES string of the molecule is Cc1nn(Cc2ccc(C(=O)N3CC[C@@H]4CCCC[C@@H]4C3)cc2)c(C)c1[N+](=O)[O-]. The Labute approximate surface area is 170 Å². The summed E-state index contributed by atoms with van der Waals surface area (Å²) in [5.41, 5.74) is 2.71. The Morgan fingerprint density at radius 3 is 2.48 bits per heavy atom. The molecular formula is C22H28N4O3. The molecule has 7 heteroatoms. The monoisotopic (exact) mass is 396 g/mol. The highest BCUT2D eigenvalue weighted by molar-refractivity contribution is 5.94. The Balaban J connectivity index is 1.43. The molecule has 2 heterocycles. The zero-order chi connectivity index (χ0) is 20.5. The van der Waals surface area contributed by atoms with Crippen LogP contribution in [0.15, 0.2) is 24.3 Å². The van der Waals surface area contributed by atoms with Crippen LogP contribution in [0.2, 0.25) is 0 Å². The molecule has 0 spiro atoms. The van der Waals surface area contributed by atoms with Gasteiger partial charge < -0.3 is 4.90 Å². The van der Waals surface area contributed by atoms with E-state index in [1.807, 2.05) is 29.2 Å². The second kappa shape index (κ2) is 7.97. The lowest BCUT2D eigenvalue weighted by molar-refractivity contribution is -0.386. The van der Waals surface area contributed by atoms with Gasteiger partial charge in [-0.25, -0.2) is 0 Å². The van der Waals surface area contributed by atoms with E-state index in [9.17, 15) is 14.9 Å². The third-order valence-corrected chi connectivity index (χ3v) is 6.64. The first kappa shape index (κ1) is 19.6. The van der Waals surface area contributed by atoms with E-state index in [-0.39, 0.29) is 16.5 Å². The summed E-state index contributed by atoms with van der Waals surface area (Å²) in [5, 5.41) is 15.5. The Morgan fingerprint density at radius 1 is 1.14 bits per heavy atom. The number of piperidine rings is 1. The third-order valence-electron chi connectivity index (χ3n) is 6.64. The number of carbonyl (C=O) groups excluding carboxylic acids is 1. The number of amides is 1. The van der Waals surface area contributed by atoms with Crippen LogP contribution in [0.5, 0.6) is 0 Å². The van der Waals surface area contributed by atoms with Crippen LogP contribution >= 0.6 is 0 Å². The standard InChI is InChI=1S/C22H28N4O3/c1-15-21(26(28)29)16(2)25(23-15)13-17-7-9-19(10-8-17)22(27)24-12-11-18-5-3-4-6-20(18)14-24/h7-10,18,20H,3-6,11-14H2,1-2H3/t18-,20+/m0/s1. The summed E-state index contributed by atoms with van der Waals surface area (Å²) in [4.78, 5) is 25.8. The van der Waals surface area contributed by atoms with Gasteiger partial charge in [0.15, 0.2) is 0 Å². The van der Waals surface area contributed by atoms with Crippen LogP contribution in [-0.4, -0.2) is 38.6 Å². The van der Waals surface area contributed by atoms with Crippen molar-refractivity contribution in [3.63, 3.8) is 0 Å². The summed E-state index contributed by atoms with van der Waals surface area (Å²) in [6, 6.07) is 7.57. The van der Waals surface area contributed by atoms with Crippen LogP contribution in [-0.2, 0) is 6.54 Å². The van der Waals surface area contributed by atoms with Crippen molar-refractivity contribution in [1.29, 1.82) is 0 Å². The molecule has 7 nitrogen and oxygen atoms in total. The van der Waals surface area contributed by atoms with Crippen molar-refractivity contribution < 1.29 is 9.72 Å². The summed E-state index contributed by atoms with van der Waals surface area (Å²) in [7, 11) is 0. The maximum Gasteiger partial charge on any atom is 0.312 e. The van der Waals surface area contributed by atoms with Crippen LogP contribution in [0.4, 0.5) is 5.69 Å². The molecule has 1 aliphatic heterocycles. The van der Waals surface area contributed by atoms with Gasteiger partial charge in [-0.1, -0.05) is 31.4 Å². The Morgan fingerprint density at radius 2 is 1.83 bits per heavy atom. The fourth-order valence-electron chi connectivity index (χ4n) is 5.00. The molecule has 0 N–H and O–H groups in total. The van der Waals surface area contributed by atoms with Crippen molar-refractivity contribution in [2.45, 2.75) is 52.5 Å². The van der Waals surface area contributed by atoms with E-state index in [2.05, 4.69) is 5.10 Å². The van der Waals surface area contributed by atoms with Crippen molar-refractivity contribution in [3.05, 3.63) is 56.9 Å². The molecule has 0 radical (unpaired) electrons. The highest BCUT2D eigenvalue weighted by Crippen LogP contribution is 2.36. The predicted octanol–water partition coefficient (Wildman–Crippen LogP) is 4.11. The molecule has 2 aromatic rings. The average Bonchev–Trinajstić information content (AvgIpc) is 3.00. The lowest BCUT2D eigenvalue weighted by Gasteiger charge is -2.41. The molecule has 29 heavy (non-hydrogen) atoms. The molecule has 1 aromatic heterocycles. The molecule has 2 aliphatic rings. The molecule has 2 atom stereocenters. The number of carbonyl (C=O) groups is 1. The lowest BCUT2D eigenvalue weighted by Crippen LogP contribution is -2.44. The largest absolute Gasteiger partial charge is 0.338 e. The minimum absolute atomic E-state index is 0.0721. The first-order valence-electron chi connectivity index (χ1n) is 10.5. The van der Waals surface area contributed by atoms with Crippen LogP contribution in [0.3, 0.4) is 0 Å². The molecule has 0 unspecified atom stereocenters. The van der Waals surface area contributed by atoms with Gasteiger partial charge in [-0.15, -0.1) is 0 Å². The zero-order valence-corrected chi connectivity index (χ0v) is 17.1. The number of nitrogens with zero attached hydrogens (tertiary/aromatic N) is 4. The van der Waals surface area contributed by atoms with E-state index >= 15 is 0 Å². The second-order valence-electron chi connectivity index (χ2n) is 8.48. The van der Waals surface area contributed by atoms with E-state index in [0.29, 0.717) is 29.4 Å². The van der Waals surface area contributed by atoms with Crippen LogP contribution in [0.25, 0.3) is 0 Å². The van der Waals surface area contributed by atoms with Gasteiger partial charge in [0.2, 0.25) is 0 Å². The first-order chi connectivity index (χ1) is 13.9. The second-order valence-corrected chi connectivity index (χ2v) is 8.48. The average molecular weight is 396 g/mol. The van der Waals surface area contributed by atoms with Gasteiger partial charge in [0, 0.05) is 18.7 Å². The van der Waals surface area contributed by atoms with Crippen molar-refractivity contribution in [3.8, 4) is 0 Å². The van der Waals surface area contributed by atoms with Crippen molar-refractivity contribution >= 4 is 11.6 Å². The first-order valence-corrected chi connectivity index (χ1v) is 10.5. The van der Waals surface area contributed by atoms with Crippen LogP contribution in [0.1, 0.15) is 59.4 Å². The number of hydrogen-bond acceptors (Lipinski definition) is 4. The molecule has 1 saturated carbocycles. The van der Waals surface area contributed by atoms with Crippen molar-refractivity contribution in [2.24, 2.45) is 11.8 Å². The van der Waals surface area contributed by atoms with Gasteiger partial charge in [0.05, 0.1) is 11.5 Å². The fraction of sp³-hybridized carbons (Fsp3) is 0.545. The Kier molecular flexibility index (Phi) is 5.39. The van der Waals surface area contributed by atoms with E-state index < -0.39 is 0 Å². The van der Waals surface area contributed by atoms with E-state index in [0.717, 1.165) is 31.0 Å². The number of benzene rings is 1. The van der Waals surface area contributed by atoms with Gasteiger partial charge in [-0.2, -0.15) is 5.10 Å². The molecule has 2 fully saturated rings. The fourth-order valence-corrected chi connectivity index (χ4v) is 5.00.